The molecule has 0 radical (unpaired) electrons. The van der Waals surface area contributed by atoms with Crippen LogP contribution < -0.4 is 5.32 Å². The minimum absolute atomic E-state index is 0.0442. The van der Waals surface area contributed by atoms with Crippen LogP contribution in [0.25, 0.3) is 0 Å². The van der Waals surface area contributed by atoms with Gasteiger partial charge in [-0.1, -0.05) is 13.8 Å². The zero-order chi connectivity index (χ0) is 14.4. The van der Waals surface area contributed by atoms with E-state index in [-0.39, 0.29) is 11.8 Å². The molecule has 0 bridgehead atoms. The van der Waals surface area contributed by atoms with E-state index >= 15 is 0 Å². The Labute approximate surface area is 121 Å². The summed E-state index contributed by atoms with van der Waals surface area (Å²) >= 11 is 0. The van der Waals surface area contributed by atoms with Gasteiger partial charge < -0.3 is 14.8 Å². The van der Waals surface area contributed by atoms with Crippen LogP contribution in [0.1, 0.15) is 38.9 Å². The molecular weight excluding hydrogens is 252 g/mol. The molecule has 0 saturated carbocycles. The number of nitrogens with one attached hydrogen (secondary N) is 1. The number of hydrogen-bond donors (Lipinski definition) is 1. The fourth-order valence-corrected chi connectivity index (χ4v) is 2.73. The van der Waals surface area contributed by atoms with Crippen LogP contribution in [-0.2, 0) is 17.9 Å². The van der Waals surface area contributed by atoms with Crippen LogP contribution in [0.3, 0.4) is 0 Å². The number of aromatic nitrogens is 2. The molecule has 1 aliphatic rings. The van der Waals surface area contributed by atoms with Crippen LogP contribution in [0.15, 0.2) is 12.4 Å². The fourth-order valence-electron chi connectivity index (χ4n) is 2.73. The summed E-state index contributed by atoms with van der Waals surface area (Å²) in [5.41, 5.74) is 0. The Morgan fingerprint density at radius 1 is 1.45 bits per heavy atom. The van der Waals surface area contributed by atoms with E-state index < -0.39 is 0 Å². The summed E-state index contributed by atoms with van der Waals surface area (Å²) < 4.78 is 2.10. The second-order valence-electron chi connectivity index (χ2n) is 5.66. The summed E-state index contributed by atoms with van der Waals surface area (Å²) in [5.74, 6) is 1.11. The van der Waals surface area contributed by atoms with Gasteiger partial charge in [0.25, 0.3) is 0 Å². The molecule has 1 saturated heterocycles. The maximum Gasteiger partial charge on any atom is 0.224 e. The Morgan fingerprint density at radius 2 is 2.20 bits per heavy atom. The third-order valence-electron chi connectivity index (χ3n) is 3.87. The molecular formula is C15H26N4O. The molecule has 1 aromatic heterocycles. The van der Waals surface area contributed by atoms with Gasteiger partial charge in [-0.2, -0.15) is 0 Å². The smallest absolute Gasteiger partial charge is 0.224 e. The number of imidazole rings is 1. The third-order valence-corrected chi connectivity index (χ3v) is 3.87. The van der Waals surface area contributed by atoms with E-state index in [1.807, 2.05) is 13.1 Å². The summed E-state index contributed by atoms with van der Waals surface area (Å²) in [7, 11) is 0. The van der Waals surface area contributed by atoms with Crippen molar-refractivity contribution >= 4 is 5.91 Å². The van der Waals surface area contributed by atoms with Crippen molar-refractivity contribution in [3.8, 4) is 0 Å². The van der Waals surface area contributed by atoms with Crippen molar-refractivity contribution in [3.05, 3.63) is 18.2 Å². The van der Waals surface area contributed by atoms with Gasteiger partial charge in [-0.3, -0.25) is 4.79 Å². The van der Waals surface area contributed by atoms with Gasteiger partial charge in [0.1, 0.15) is 5.82 Å². The summed E-state index contributed by atoms with van der Waals surface area (Å²) in [5, 5.41) is 3.01. The van der Waals surface area contributed by atoms with Crippen molar-refractivity contribution in [2.75, 3.05) is 19.6 Å². The predicted molar refractivity (Wildman–Crippen MR) is 79.2 cm³/mol. The first-order valence-electron chi connectivity index (χ1n) is 7.70. The van der Waals surface area contributed by atoms with E-state index in [1.165, 1.54) is 12.8 Å². The molecule has 1 fully saturated rings. The van der Waals surface area contributed by atoms with Crippen molar-refractivity contribution in [2.24, 2.45) is 5.92 Å². The molecule has 112 valence electrons. The van der Waals surface area contributed by atoms with E-state index in [1.54, 1.807) is 6.20 Å². The number of amides is 1. The highest BCUT2D eigenvalue weighted by Crippen LogP contribution is 2.10. The second kappa shape index (κ2) is 7.43. The number of carbonyl (C=O) groups excluding carboxylic acids is 1. The maximum absolute atomic E-state index is 12.1. The molecule has 0 aromatic carbocycles. The van der Waals surface area contributed by atoms with Crippen molar-refractivity contribution in [2.45, 2.75) is 46.2 Å². The summed E-state index contributed by atoms with van der Waals surface area (Å²) in [4.78, 5) is 18.8. The standard InChI is InChI=1S/C15H26N4O/c1-3-7-19-10-6-16-14(19)11-17-15(20)13(2)12-18-8-4-5-9-18/h6,10,13H,3-5,7-9,11-12H2,1-2H3,(H,17,20). The lowest BCUT2D eigenvalue weighted by atomic mass is 10.1. The van der Waals surface area contributed by atoms with E-state index in [0.29, 0.717) is 6.54 Å². The zero-order valence-electron chi connectivity index (χ0n) is 12.6. The first-order chi connectivity index (χ1) is 9.70. The number of carbonyl (C=O) groups is 1. The lowest BCUT2D eigenvalue weighted by Crippen LogP contribution is -2.36. The molecule has 2 rings (SSSR count). The van der Waals surface area contributed by atoms with E-state index in [0.717, 1.165) is 38.4 Å². The molecule has 20 heavy (non-hydrogen) atoms. The molecule has 0 spiro atoms. The minimum atomic E-state index is 0.0442. The number of likely N-dealkylation sites (tertiary alicyclic amines) is 1. The van der Waals surface area contributed by atoms with Crippen LogP contribution in [0.5, 0.6) is 0 Å². The lowest BCUT2D eigenvalue weighted by molar-refractivity contribution is -0.125. The van der Waals surface area contributed by atoms with Crippen LogP contribution in [-0.4, -0.2) is 40.0 Å². The van der Waals surface area contributed by atoms with Gasteiger partial charge in [0, 0.05) is 31.4 Å². The monoisotopic (exact) mass is 278 g/mol. The Morgan fingerprint density at radius 3 is 2.90 bits per heavy atom. The Balaban J connectivity index is 1.77. The van der Waals surface area contributed by atoms with Gasteiger partial charge in [-0.15, -0.1) is 0 Å². The molecule has 5 heteroatoms. The molecule has 1 amide bonds. The van der Waals surface area contributed by atoms with Gasteiger partial charge in [0.05, 0.1) is 6.54 Å². The van der Waals surface area contributed by atoms with Crippen molar-refractivity contribution in [1.82, 2.24) is 19.8 Å². The predicted octanol–water partition coefficient (Wildman–Crippen LogP) is 1.64. The largest absolute Gasteiger partial charge is 0.349 e. The molecule has 2 heterocycles. The number of rotatable bonds is 7. The summed E-state index contributed by atoms with van der Waals surface area (Å²) in [6.45, 7) is 8.77. The average molecular weight is 278 g/mol. The highest BCUT2D eigenvalue weighted by Gasteiger charge is 2.19. The maximum atomic E-state index is 12.1. The van der Waals surface area contributed by atoms with E-state index in [2.05, 4.69) is 26.7 Å². The zero-order valence-corrected chi connectivity index (χ0v) is 12.6. The third kappa shape index (κ3) is 4.07. The Bertz CT molecular complexity index is 423. The Kier molecular flexibility index (Phi) is 5.59. The summed E-state index contributed by atoms with van der Waals surface area (Å²) in [6, 6.07) is 0. The summed E-state index contributed by atoms with van der Waals surface area (Å²) in [6.07, 6.45) is 7.37. The van der Waals surface area contributed by atoms with Gasteiger partial charge in [-0.05, 0) is 32.4 Å². The first-order valence-corrected chi connectivity index (χ1v) is 7.70. The fraction of sp³-hybridized carbons (Fsp3) is 0.733. The SMILES string of the molecule is CCCn1ccnc1CNC(=O)C(C)CN1CCCC1. The molecule has 5 nitrogen and oxygen atoms in total. The quantitative estimate of drug-likeness (QED) is 0.825. The number of nitrogens with zero attached hydrogens (tertiary/aromatic N) is 3. The number of hydrogen-bond acceptors (Lipinski definition) is 3. The van der Waals surface area contributed by atoms with E-state index in [9.17, 15) is 4.79 Å². The van der Waals surface area contributed by atoms with Crippen molar-refractivity contribution < 1.29 is 4.79 Å². The van der Waals surface area contributed by atoms with Crippen LogP contribution >= 0.6 is 0 Å². The van der Waals surface area contributed by atoms with E-state index in [4.69, 9.17) is 0 Å². The van der Waals surface area contributed by atoms with Crippen LogP contribution in [0.4, 0.5) is 0 Å². The van der Waals surface area contributed by atoms with Gasteiger partial charge in [0.2, 0.25) is 5.91 Å². The molecule has 1 atom stereocenters. The first kappa shape index (κ1) is 15.0. The molecule has 1 unspecified atom stereocenters. The van der Waals surface area contributed by atoms with Gasteiger partial charge in [-0.25, -0.2) is 4.98 Å². The van der Waals surface area contributed by atoms with Crippen LogP contribution in [0.2, 0.25) is 0 Å². The van der Waals surface area contributed by atoms with Gasteiger partial charge >= 0.3 is 0 Å². The highest BCUT2D eigenvalue weighted by molar-refractivity contribution is 5.78. The molecule has 1 N–H and O–H groups in total. The lowest BCUT2D eigenvalue weighted by Gasteiger charge is -2.19. The minimum Gasteiger partial charge on any atom is -0.349 e. The molecule has 0 aliphatic carbocycles. The highest BCUT2D eigenvalue weighted by atomic mass is 16.1. The van der Waals surface area contributed by atoms with Gasteiger partial charge in [0.15, 0.2) is 0 Å². The normalized spacial score (nSPS) is 17.3. The van der Waals surface area contributed by atoms with Crippen LogP contribution in [0, 0.1) is 5.92 Å². The molecule has 1 aliphatic heterocycles. The topological polar surface area (TPSA) is 50.2 Å². The van der Waals surface area contributed by atoms with Crippen molar-refractivity contribution in [3.63, 3.8) is 0 Å². The average Bonchev–Trinajstić information content (AvgIpc) is 3.08. The molecule has 1 aromatic rings. The number of aryl methyl sites for hydroxylation is 1. The Hall–Kier alpha value is -1.36. The van der Waals surface area contributed by atoms with Crippen molar-refractivity contribution in [1.29, 1.82) is 0 Å². The second-order valence-corrected chi connectivity index (χ2v) is 5.66.